The first kappa shape index (κ1) is 15.2. The number of carbonyl (C=O) groups is 1. The number of hydrogen-bond acceptors (Lipinski definition) is 4. The zero-order valence-electron chi connectivity index (χ0n) is 11.9. The number of thioether (sulfide) groups is 1. The maximum Gasteiger partial charge on any atom is 0.240 e. The van der Waals surface area contributed by atoms with Crippen LogP contribution in [0.2, 0.25) is 0 Å². The van der Waals surface area contributed by atoms with Crippen molar-refractivity contribution < 1.29 is 9.53 Å². The molecule has 4 nitrogen and oxygen atoms in total. The van der Waals surface area contributed by atoms with Gasteiger partial charge in [0.05, 0.1) is 12.6 Å². The fraction of sp³-hybridized carbons (Fsp3) is 0.533. The third kappa shape index (κ3) is 4.72. The monoisotopic (exact) mass is 294 g/mol. The van der Waals surface area contributed by atoms with Gasteiger partial charge in [0, 0.05) is 31.6 Å². The second-order valence-electron chi connectivity index (χ2n) is 4.86. The molecular formula is C15H22N2O2S. The number of carbonyl (C=O) groups excluding carboxylic acids is 1. The van der Waals surface area contributed by atoms with Crippen LogP contribution in [0, 0.1) is 0 Å². The van der Waals surface area contributed by atoms with Crippen molar-refractivity contribution in [2.24, 2.45) is 0 Å². The smallest absolute Gasteiger partial charge is 0.240 e. The van der Waals surface area contributed by atoms with E-state index in [-0.39, 0.29) is 11.9 Å². The van der Waals surface area contributed by atoms with Crippen molar-refractivity contribution in [3.05, 3.63) is 30.3 Å². The van der Waals surface area contributed by atoms with Gasteiger partial charge in [0.1, 0.15) is 5.75 Å². The molecule has 110 valence electrons. The van der Waals surface area contributed by atoms with E-state index in [4.69, 9.17) is 4.74 Å². The van der Waals surface area contributed by atoms with Gasteiger partial charge in [-0.05, 0) is 18.6 Å². The molecule has 1 aromatic rings. The molecule has 0 radical (unpaired) electrons. The molecule has 2 rings (SSSR count). The topological polar surface area (TPSA) is 41.6 Å². The van der Waals surface area contributed by atoms with Crippen molar-refractivity contribution >= 4 is 17.7 Å². The number of rotatable bonds is 6. The average Bonchev–Trinajstić information content (AvgIpc) is 2.52. The zero-order valence-corrected chi connectivity index (χ0v) is 12.7. The molecule has 0 spiro atoms. The summed E-state index contributed by atoms with van der Waals surface area (Å²) in [6.07, 6.45) is 0.844. The Morgan fingerprint density at radius 3 is 2.95 bits per heavy atom. The van der Waals surface area contributed by atoms with E-state index in [1.165, 1.54) is 0 Å². The minimum absolute atomic E-state index is 0.0196. The summed E-state index contributed by atoms with van der Waals surface area (Å²) in [5.74, 6) is 3.05. The Bertz CT molecular complexity index is 408. The van der Waals surface area contributed by atoms with Gasteiger partial charge in [-0.3, -0.25) is 4.79 Å². The second-order valence-corrected chi connectivity index (χ2v) is 6.01. The lowest BCUT2D eigenvalue weighted by Gasteiger charge is -2.27. The van der Waals surface area contributed by atoms with Crippen LogP contribution < -0.4 is 10.1 Å². The van der Waals surface area contributed by atoms with E-state index in [0.717, 1.165) is 36.8 Å². The Morgan fingerprint density at radius 2 is 2.25 bits per heavy atom. The molecular weight excluding hydrogens is 272 g/mol. The maximum atomic E-state index is 12.2. The molecule has 1 aromatic carbocycles. The molecule has 1 N–H and O–H groups in total. The van der Waals surface area contributed by atoms with Gasteiger partial charge in [0.2, 0.25) is 5.91 Å². The van der Waals surface area contributed by atoms with Gasteiger partial charge in [-0.2, -0.15) is 11.8 Å². The predicted octanol–water partition coefficient (Wildman–Crippen LogP) is 1.62. The molecule has 1 unspecified atom stereocenters. The van der Waals surface area contributed by atoms with Gasteiger partial charge in [0.15, 0.2) is 0 Å². The third-order valence-electron chi connectivity index (χ3n) is 3.25. The van der Waals surface area contributed by atoms with Crippen molar-refractivity contribution in [1.29, 1.82) is 0 Å². The number of para-hydroxylation sites is 1. The summed E-state index contributed by atoms with van der Waals surface area (Å²) >= 11 is 1.84. The van der Waals surface area contributed by atoms with Gasteiger partial charge in [-0.15, -0.1) is 0 Å². The van der Waals surface area contributed by atoms with Crippen LogP contribution in [0.4, 0.5) is 0 Å². The predicted molar refractivity (Wildman–Crippen MR) is 83.3 cm³/mol. The van der Waals surface area contributed by atoms with Crippen LogP contribution in [-0.2, 0) is 4.79 Å². The molecule has 20 heavy (non-hydrogen) atoms. The van der Waals surface area contributed by atoms with Crippen LogP contribution in [0.3, 0.4) is 0 Å². The Hall–Kier alpha value is -1.20. The number of likely N-dealkylation sites (N-methyl/N-ethyl adjacent to an activating group) is 1. The van der Waals surface area contributed by atoms with Crippen molar-refractivity contribution in [3.63, 3.8) is 0 Å². The van der Waals surface area contributed by atoms with Crippen molar-refractivity contribution in [1.82, 2.24) is 10.2 Å². The van der Waals surface area contributed by atoms with E-state index in [0.29, 0.717) is 6.61 Å². The molecule has 0 aromatic heterocycles. The Morgan fingerprint density at radius 1 is 1.45 bits per heavy atom. The SMILES string of the molecule is CN(CCCOc1ccccc1)C(=O)C1CSCCN1. The summed E-state index contributed by atoms with van der Waals surface area (Å²) in [5, 5.41) is 3.27. The summed E-state index contributed by atoms with van der Waals surface area (Å²) in [6.45, 7) is 2.29. The highest BCUT2D eigenvalue weighted by atomic mass is 32.2. The zero-order chi connectivity index (χ0) is 14.2. The molecule has 0 saturated carbocycles. The Balaban J connectivity index is 1.64. The highest BCUT2D eigenvalue weighted by Gasteiger charge is 2.23. The van der Waals surface area contributed by atoms with Gasteiger partial charge in [0.25, 0.3) is 0 Å². The van der Waals surface area contributed by atoms with Gasteiger partial charge < -0.3 is 15.0 Å². The van der Waals surface area contributed by atoms with Gasteiger partial charge >= 0.3 is 0 Å². The van der Waals surface area contributed by atoms with E-state index in [1.807, 2.05) is 49.1 Å². The number of ether oxygens (including phenoxy) is 1. The van der Waals surface area contributed by atoms with Crippen LogP contribution in [0.1, 0.15) is 6.42 Å². The number of nitrogens with one attached hydrogen (secondary N) is 1. The van der Waals surface area contributed by atoms with E-state index in [9.17, 15) is 4.79 Å². The van der Waals surface area contributed by atoms with Crippen LogP contribution in [0.5, 0.6) is 5.75 Å². The summed E-state index contributed by atoms with van der Waals surface area (Å²) in [7, 11) is 1.87. The summed E-state index contributed by atoms with van der Waals surface area (Å²) < 4.78 is 5.62. The van der Waals surface area contributed by atoms with Crippen LogP contribution in [0.15, 0.2) is 30.3 Å². The highest BCUT2D eigenvalue weighted by Crippen LogP contribution is 2.10. The quantitative estimate of drug-likeness (QED) is 0.810. The molecule has 1 aliphatic rings. The fourth-order valence-corrected chi connectivity index (χ4v) is 3.03. The molecule has 1 saturated heterocycles. The average molecular weight is 294 g/mol. The molecule has 5 heteroatoms. The number of benzene rings is 1. The Labute approximate surface area is 124 Å². The highest BCUT2D eigenvalue weighted by molar-refractivity contribution is 7.99. The minimum Gasteiger partial charge on any atom is -0.494 e. The Kier molecular flexibility index (Phi) is 6.21. The summed E-state index contributed by atoms with van der Waals surface area (Å²) in [5.41, 5.74) is 0. The summed E-state index contributed by atoms with van der Waals surface area (Å²) in [6, 6.07) is 9.74. The number of hydrogen-bond donors (Lipinski definition) is 1. The lowest BCUT2D eigenvalue weighted by Crippen LogP contribution is -2.49. The van der Waals surface area contributed by atoms with E-state index in [1.54, 1.807) is 4.90 Å². The van der Waals surface area contributed by atoms with Gasteiger partial charge in [-0.1, -0.05) is 18.2 Å². The maximum absolute atomic E-state index is 12.2. The first-order chi connectivity index (χ1) is 9.77. The number of nitrogens with zero attached hydrogens (tertiary/aromatic N) is 1. The van der Waals surface area contributed by atoms with Crippen LogP contribution >= 0.6 is 11.8 Å². The molecule has 1 heterocycles. The largest absolute Gasteiger partial charge is 0.494 e. The minimum atomic E-state index is -0.0196. The van der Waals surface area contributed by atoms with E-state index in [2.05, 4.69) is 5.32 Å². The van der Waals surface area contributed by atoms with Crippen LogP contribution in [0.25, 0.3) is 0 Å². The third-order valence-corrected chi connectivity index (χ3v) is 4.31. The first-order valence-corrected chi connectivity index (χ1v) is 8.17. The molecule has 1 amide bonds. The van der Waals surface area contributed by atoms with Crippen molar-refractivity contribution in [2.75, 3.05) is 38.2 Å². The molecule has 1 aliphatic heterocycles. The van der Waals surface area contributed by atoms with Crippen molar-refractivity contribution in [3.8, 4) is 5.75 Å². The van der Waals surface area contributed by atoms with Crippen molar-refractivity contribution in [2.45, 2.75) is 12.5 Å². The number of amides is 1. The van der Waals surface area contributed by atoms with Crippen LogP contribution in [-0.4, -0.2) is 55.1 Å². The van der Waals surface area contributed by atoms with Gasteiger partial charge in [-0.25, -0.2) is 0 Å². The van der Waals surface area contributed by atoms with E-state index >= 15 is 0 Å². The lowest BCUT2D eigenvalue weighted by molar-refractivity contribution is -0.131. The second kappa shape index (κ2) is 8.17. The van der Waals surface area contributed by atoms with E-state index < -0.39 is 0 Å². The molecule has 0 bridgehead atoms. The molecule has 0 aliphatic carbocycles. The summed E-state index contributed by atoms with van der Waals surface area (Å²) in [4.78, 5) is 14.0. The normalized spacial score (nSPS) is 18.6. The molecule has 1 fully saturated rings. The lowest BCUT2D eigenvalue weighted by atomic mass is 10.2. The molecule has 1 atom stereocenters. The first-order valence-electron chi connectivity index (χ1n) is 7.01. The standard InChI is InChI=1S/C15H22N2O2S/c1-17(15(18)14-12-20-11-8-16-14)9-5-10-19-13-6-3-2-4-7-13/h2-4,6-7,14,16H,5,8-12H2,1H3. The fourth-order valence-electron chi connectivity index (χ4n) is 2.11.